The predicted molar refractivity (Wildman–Crippen MR) is 127 cm³/mol. The number of non-ortho nitro benzene ring substituents is 1. The van der Waals surface area contributed by atoms with Crippen LogP contribution < -0.4 is 0 Å². The van der Waals surface area contributed by atoms with Gasteiger partial charge in [0, 0.05) is 0 Å². The minimum Gasteiger partial charge on any atom is -0.462 e. The van der Waals surface area contributed by atoms with E-state index in [0.29, 0.717) is 18.6 Å². The molecule has 0 amide bonds. The number of hydrogen-bond acceptors (Lipinski definition) is 8. The van der Waals surface area contributed by atoms with Crippen molar-refractivity contribution in [1.82, 2.24) is 0 Å². The zero-order valence-corrected chi connectivity index (χ0v) is 19.9. The molecule has 0 aromatic heterocycles. The first-order valence-electron chi connectivity index (χ1n) is 12.1. The second-order valence-corrected chi connectivity index (χ2v) is 8.36. The molecule has 34 heavy (non-hydrogen) atoms. The number of nitro benzene ring substituents is 3. The van der Waals surface area contributed by atoms with Gasteiger partial charge >= 0.3 is 5.97 Å². The highest BCUT2D eigenvalue weighted by molar-refractivity contribution is 5.99. The highest BCUT2D eigenvalue weighted by Crippen LogP contribution is 2.34. The average Bonchev–Trinajstić information content (AvgIpc) is 2.80. The maximum absolute atomic E-state index is 12.3. The first-order valence-corrected chi connectivity index (χ1v) is 12.1. The van der Waals surface area contributed by atoms with E-state index in [1.54, 1.807) is 0 Å². The van der Waals surface area contributed by atoms with Crippen LogP contribution in [0.25, 0.3) is 0 Å². The Labute approximate surface area is 199 Å². The number of benzene rings is 1. The summed E-state index contributed by atoms with van der Waals surface area (Å²) in [5.41, 5.74) is -3.77. The topological polar surface area (TPSA) is 156 Å². The maximum Gasteiger partial charge on any atom is 0.352 e. The lowest BCUT2D eigenvalue weighted by Crippen LogP contribution is -2.12. The summed E-state index contributed by atoms with van der Waals surface area (Å²) in [6.45, 7) is 2.18. The summed E-state index contributed by atoms with van der Waals surface area (Å²) in [7, 11) is 0. The molecule has 0 saturated heterocycles. The molecular weight excluding hydrogens is 446 g/mol. The molecule has 1 rings (SSSR count). The Morgan fingerprint density at radius 1 is 0.676 bits per heavy atom. The normalized spacial score (nSPS) is 10.7. The Hall–Kier alpha value is -3.11. The molecule has 0 aliphatic carbocycles. The summed E-state index contributed by atoms with van der Waals surface area (Å²) >= 11 is 0. The van der Waals surface area contributed by atoms with Crippen molar-refractivity contribution in [2.75, 3.05) is 6.61 Å². The average molecular weight is 482 g/mol. The summed E-state index contributed by atoms with van der Waals surface area (Å²) in [4.78, 5) is 42.6. The highest BCUT2D eigenvalue weighted by Gasteiger charge is 2.35. The Kier molecular flexibility index (Phi) is 14.0. The fourth-order valence-corrected chi connectivity index (χ4v) is 3.73. The van der Waals surface area contributed by atoms with Crippen LogP contribution in [-0.2, 0) is 4.74 Å². The third kappa shape index (κ3) is 10.7. The number of nitrogens with zero attached hydrogens (tertiary/aromatic N) is 3. The molecule has 1 aromatic rings. The number of carbonyl (C=O) groups excluding carboxylic acids is 1. The smallest absolute Gasteiger partial charge is 0.352 e. The van der Waals surface area contributed by atoms with Crippen molar-refractivity contribution in [1.29, 1.82) is 0 Å². The first kappa shape index (κ1) is 28.9. The number of unbranched alkanes of at least 4 members (excludes halogenated alkanes) is 13. The van der Waals surface area contributed by atoms with Crippen LogP contribution in [0, 0.1) is 30.3 Å². The largest absolute Gasteiger partial charge is 0.462 e. The van der Waals surface area contributed by atoms with E-state index in [2.05, 4.69) is 6.92 Å². The van der Waals surface area contributed by atoms with Gasteiger partial charge in [-0.15, -0.1) is 0 Å². The fourth-order valence-electron chi connectivity index (χ4n) is 3.73. The predicted octanol–water partition coefficient (Wildman–Crippen LogP) is 7.05. The molecule has 11 heteroatoms. The lowest BCUT2D eigenvalue weighted by Gasteiger charge is -2.07. The molecule has 0 N–H and O–H groups in total. The molecule has 0 radical (unpaired) electrons. The van der Waals surface area contributed by atoms with Gasteiger partial charge in [0.15, 0.2) is 0 Å². The van der Waals surface area contributed by atoms with Crippen LogP contribution in [0.1, 0.15) is 107 Å². The molecule has 0 heterocycles. The minimum atomic E-state index is -1.23. The third-order valence-electron chi connectivity index (χ3n) is 5.62. The van der Waals surface area contributed by atoms with Gasteiger partial charge in [-0.05, 0) is 6.42 Å². The van der Waals surface area contributed by atoms with Gasteiger partial charge in [-0.25, -0.2) is 4.79 Å². The standard InChI is InChI=1S/C23H35N3O8/c1-2-3-4-5-6-7-8-9-10-11-12-13-14-15-16-34-23(27)22-20(25(30)31)17-19(24(28)29)18-21(22)26(32)33/h17-18H,2-16H2,1H3. The van der Waals surface area contributed by atoms with Gasteiger partial charge in [-0.1, -0.05) is 90.4 Å². The third-order valence-corrected chi connectivity index (χ3v) is 5.62. The van der Waals surface area contributed by atoms with Crippen LogP contribution in [0.5, 0.6) is 0 Å². The van der Waals surface area contributed by atoms with E-state index in [0.717, 1.165) is 25.7 Å². The molecule has 0 atom stereocenters. The van der Waals surface area contributed by atoms with Crippen molar-refractivity contribution in [3.63, 3.8) is 0 Å². The van der Waals surface area contributed by atoms with Gasteiger partial charge in [-0.3, -0.25) is 30.3 Å². The molecule has 1 aromatic carbocycles. The van der Waals surface area contributed by atoms with Gasteiger partial charge < -0.3 is 4.74 Å². The Morgan fingerprint density at radius 2 is 1.06 bits per heavy atom. The van der Waals surface area contributed by atoms with E-state index in [9.17, 15) is 35.1 Å². The van der Waals surface area contributed by atoms with E-state index in [-0.39, 0.29) is 6.61 Å². The Balaban J connectivity index is 2.33. The Morgan fingerprint density at radius 3 is 1.41 bits per heavy atom. The molecule has 0 aliphatic rings. The molecule has 0 aliphatic heterocycles. The molecule has 0 unspecified atom stereocenters. The summed E-state index contributed by atoms with van der Waals surface area (Å²) in [6.07, 6.45) is 16.2. The zero-order valence-electron chi connectivity index (χ0n) is 19.9. The van der Waals surface area contributed by atoms with Crippen molar-refractivity contribution < 1.29 is 24.3 Å². The quantitative estimate of drug-likeness (QED) is 0.0880. The lowest BCUT2D eigenvalue weighted by atomic mass is 10.0. The van der Waals surface area contributed by atoms with Gasteiger partial charge in [0.2, 0.25) is 5.56 Å². The molecule has 0 spiro atoms. The Bertz CT molecular complexity index is 793. The van der Waals surface area contributed by atoms with E-state index < -0.39 is 43.4 Å². The number of esters is 1. The molecule has 0 fully saturated rings. The molecule has 0 bridgehead atoms. The van der Waals surface area contributed by atoms with Crippen molar-refractivity contribution in [2.45, 2.75) is 96.8 Å². The van der Waals surface area contributed by atoms with Crippen LogP contribution in [0.2, 0.25) is 0 Å². The lowest BCUT2D eigenvalue weighted by molar-refractivity contribution is -0.403. The summed E-state index contributed by atoms with van der Waals surface area (Å²) in [5, 5.41) is 33.4. The van der Waals surface area contributed by atoms with Crippen molar-refractivity contribution in [2.24, 2.45) is 0 Å². The van der Waals surface area contributed by atoms with Crippen LogP contribution >= 0.6 is 0 Å². The van der Waals surface area contributed by atoms with E-state index >= 15 is 0 Å². The fraction of sp³-hybridized carbons (Fsp3) is 0.696. The monoisotopic (exact) mass is 481 g/mol. The van der Waals surface area contributed by atoms with Gasteiger partial charge in [-0.2, -0.15) is 0 Å². The summed E-state index contributed by atoms with van der Waals surface area (Å²) in [6, 6.07) is 1.05. The summed E-state index contributed by atoms with van der Waals surface area (Å²) < 4.78 is 5.00. The van der Waals surface area contributed by atoms with Crippen LogP contribution in [0.3, 0.4) is 0 Å². The number of nitro groups is 3. The van der Waals surface area contributed by atoms with Gasteiger partial charge in [0.05, 0.1) is 33.5 Å². The number of carbonyl (C=O) groups is 1. The molecular formula is C23H35N3O8. The number of rotatable bonds is 19. The van der Waals surface area contributed by atoms with E-state index in [4.69, 9.17) is 4.74 Å². The van der Waals surface area contributed by atoms with Crippen molar-refractivity contribution >= 4 is 23.0 Å². The second kappa shape index (κ2) is 16.5. The van der Waals surface area contributed by atoms with Crippen LogP contribution in [0.4, 0.5) is 17.1 Å². The highest BCUT2D eigenvalue weighted by atomic mass is 16.6. The minimum absolute atomic E-state index is 0.0395. The van der Waals surface area contributed by atoms with E-state index in [1.165, 1.54) is 57.8 Å². The van der Waals surface area contributed by atoms with Crippen LogP contribution in [-0.4, -0.2) is 27.3 Å². The molecule has 0 saturated carbocycles. The summed E-state index contributed by atoms with van der Waals surface area (Å²) in [5.74, 6) is -1.23. The second-order valence-electron chi connectivity index (χ2n) is 8.36. The molecule has 11 nitrogen and oxygen atoms in total. The number of hydrogen-bond donors (Lipinski definition) is 0. The SMILES string of the molecule is CCCCCCCCCCCCCCCCOC(=O)c1c([N+](=O)[O-])cc([N+](=O)[O-])cc1[N+](=O)[O-]. The first-order chi connectivity index (χ1) is 16.3. The maximum atomic E-state index is 12.3. The number of ether oxygens (including phenoxy) is 1. The zero-order chi connectivity index (χ0) is 25.3. The van der Waals surface area contributed by atoms with Gasteiger partial charge in [0.1, 0.15) is 0 Å². The molecule has 190 valence electrons. The van der Waals surface area contributed by atoms with Crippen molar-refractivity contribution in [3.8, 4) is 0 Å². The van der Waals surface area contributed by atoms with Gasteiger partial charge in [0.25, 0.3) is 17.1 Å². The van der Waals surface area contributed by atoms with Crippen LogP contribution in [0.15, 0.2) is 12.1 Å². The van der Waals surface area contributed by atoms with E-state index in [1.807, 2.05) is 0 Å². The van der Waals surface area contributed by atoms with Crippen molar-refractivity contribution in [3.05, 3.63) is 48.0 Å².